The highest BCUT2D eigenvalue weighted by atomic mass is 19.4. The minimum atomic E-state index is -4.83. The van der Waals surface area contributed by atoms with Crippen LogP contribution in [0, 0.1) is 0 Å². The number of rotatable bonds is 5. The van der Waals surface area contributed by atoms with Crippen LogP contribution in [0.5, 0.6) is 5.75 Å². The lowest BCUT2D eigenvalue weighted by Gasteiger charge is -2.21. The summed E-state index contributed by atoms with van der Waals surface area (Å²) in [4.78, 5) is 34.2. The van der Waals surface area contributed by atoms with Gasteiger partial charge in [-0.25, -0.2) is 9.97 Å². The minimum Gasteiger partial charge on any atom is -0.405 e. The van der Waals surface area contributed by atoms with Crippen molar-refractivity contribution in [1.29, 1.82) is 0 Å². The van der Waals surface area contributed by atoms with Crippen LogP contribution in [0.15, 0.2) is 60.8 Å². The van der Waals surface area contributed by atoms with E-state index in [1.807, 2.05) is 0 Å². The van der Waals surface area contributed by atoms with E-state index >= 15 is 0 Å². The maximum Gasteiger partial charge on any atom is 0.573 e. The van der Waals surface area contributed by atoms with E-state index in [0.29, 0.717) is 36.2 Å². The Kier molecular flexibility index (Phi) is 5.99. The van der Waals surface area contributed by atoms with Crippen LogP contribution in [-0.4, -0.2) is 45.6 Å². The highest BCUT2D eigenvalue weighted by Crippen LogP contribution is 2.35. The number of hydrogen-bond donors (Lipinski definition) is 1. The number of carbonyl (C=O) groups is 2. The molecule has 1 unspecified atom stereocenters. The van der Waals surface area contributed by atoms with E-state index in [4.69, 9.17) is 5.73 Å². The van der Waals surface area contributed by atoms with Crippen LogP contribution in [0.3, 0.4) is 0 Å². The predicted molar refractivity (Wildman–Crippen MR) is 113 cm³/mol. The van der Waals surface area contributed by atoms with E-state index < -0.39 is 24.2 Å². The Labute approximate surface area is 187 Å². The zero-order valence-electron chi connectivity index (χ0n) is 17.2. The molecular weight excluding hydrogens is 437 g/mol. The molecule has 1 fully saturated rings. The molecule has 1 aliphatic heterocycles. The summed E-state index contributed by atoms with van der Waals surface area (Å²) in [5, 5.41) is 0. The molecule has 33 heavy (non-hydrogen) atoms. The van der Waals surface area contributed by atoms with Crippen LogP contribution < -0.4 is 10.5 Å². The molecule has 2 amide bonds. The number of para-hydroxylation sites is 1. The molecule has 0 saturated carbocycles. The van der Waals surface area contributed by atoms with Crippen molar-refractivity contribution >= 4 is 11.8 Å². The zero-order chi connectivity index (χ0) is 23.6. The highest BCUT2D eigenvalue weighted by Gasteiger charge is 2.34. The largest absolute Gasteiger partial charge is 0.573 e. The number of nitrogens with zero attached hydrogens (tertiary/aromatic N) is 3. The molecule has 170 valence electrons. The lowest BCUT2D eigenvalue weighted by molar-refractivity contribution is -0.274. The Morgan fingerprint density at radius 2 is 1.82 bits per heavy atom. The van der Waals surface area contributed by atoms with Gasteiger partial charge in [-0.3, -0.25) is 9.59 Å². The monoisotopic (exact) mass is 456 g/mol. The number of benzene rings is 2. The van der Waals surface area contributed by atoms with Crippen molar-refractivity contribution in [2.45, 2.75) is 25.2 Å². The van der Waals surface area contributed by atoms with E-state index in [-0.39, 0.29) is 17.1 Å². The molecule has 1 aliphatic rings. The summed E-state index contributed by atoms with van der Waals surface area (Å²) in [6.07, 6.45) is -2.27. The SMILES string of the molecule is NC(=O)C1CCCN1C(=O)c1nccc(-c2cccc(-c3ccccc3OC(F)(F)F)c2)n1. The van der Waals surface area contributed by atoms with Gasteiger partial charge in [0.25, 0.3) is 5.91 Å². The van der Waals surface area contributed by atoms with Crippen LogP contribution in [-0.2, 0) is 4.79 Å². The van der Waals surface area contributed by atoms with Gasteiger partial charge < -0.3 is 15.4 Å². The summed E-state index contributed by atoms with van der Waals surface area (Å²) in [5.74, 6) is -1.50. The molecule has 1 atom stereocenters. The number of nitrogens with two attached hydrogens (primary N) is 1. The summed E-state index contributed by atoms with van der Waals surface area (Å²) >= 11 is 0. The fraction of sp³-hybridized carbons (Fsp3) is 0.217. The molecule has 0 radical (unpaired) electrons. The molecule has 3 aromatic rings. The maximum atomic E-state index is 12.9. The topological polar surface area (TPSA) is 98.4 Å². The minimum absolute atomic E-state index is 0.0909. The number of carbonyl (C=O) groups excluding carboxylic acids is 2. The van der Waals surface area contributed by atoms with E-state index in [1.165, 1.54) is 29.3 Å². The molecule has 7 nitrogen and oxygen atoms in total. The van der Waals surface area contributed by atoms with Gasteiger partial charge in [-0.05, 0) is 36.6 Å². The fourth-order valence-electron chi connectivity index (χ4n) is 3.82. The molecule has 0 spiro atoms. The van der Waals surface area contributed by atoms with Crippen molar-refractivity contribution in [3.05, 3.63) is 66.6 Å². The van der Waals surface area contributed by atoms with E-state index in [0.717, 1.165) is 0 Å². The molecular formula is C23H19F3N4O3. The first-order chi connectivity index (χ1) is 15.7. The zero-order valence-corrected chi connectivity index (χ0v) is 17.2. The van der Waals surface area contributed by atoms with E-state index in [1.54, 1.807) is 36.4 Å². The van der Waals surface area contributed by atoms with Crippen LogP contribution in [0.2, 0.25) is 0 Å². The van der Waals surface area contributed by atoms with Gasteiger partial charge in [-0.15, -0.1) is 13.2 Å². The van der Waals surface area contributed by atoms with Gasteiger partial charge in [0, 0.05) is 23.9 Å². The second kappa shape index (κ2) is 8.89. The van der Waals surface area contributed by atoms with Crippen molar-refractivity contribution in [3.63, 3.8) is 0 Å². The van der Waals surface area contributed by atoms with Crippen molar-refractivity contribution < 1.29 is 27.5 Å². The number of alkyl halides is 3. The smallest absolute Gasteiger partial charge is 0.405 e. The second-order valence-electron chi connectivity index (χ2n) is 7.45. The molecule has 2 aromatic carbocycles. The average Bonchev–Trinajstić information content (AvgIpc) is 3.28. The molecule has 1 aromatic heterocycles. The third-order valence-electron chi connectivity index (χ3n) is 5.27. The normalized spacial score (nSPS) is 16.0. The fourth-order valence-corrected chi connectivity index (χ4v) is 3.82. The number of halogens is 3. The first-order valence-corrected chi connectivity index (χ1v) is 10.1. The second-order valence-corrected chi connectivity index (χ2v) is 7.45. The quantitative estimate of drug-likeness (QED) is 0.630. The summed E-state index contributed by atoms with van der Waals surface area (Å²) in [5.41, 5.74) is 7.10. The first-order valence-electron chi connectivity index (χ1n) is 10.1. The third kappa shape index (κ3) is 4.94. The summed E-state index contributed by atoms with van der Waals surface area (Å²) in [6, 6.07) is 13.4. The number of primary amides is 1. The van der Waals surface area contributed by atoms with Crippen molar-refractivity contribution in [2.75, 3.05) is 6.54 Å². The molecule has 2 N–H and O–H groups in total. The van der Waals surface area contributed by atoms with Gasteiger partial charge in [0.05, 0.1) is 5.69 Å². The molecule has 2 heterocycles. The maximum absolute atomic E-state index is 12.9. The Morgan fingerprint density at radius 1 is 1.06 bits per heavy atom. The Bertz CT molecular complexity index is 1200. The van der Waals surface area contributed by atoms with Crippen LogP contribution in [0.4, 0.5) is 13.2 Å². The van der Waals surface area contributed by atoms with E-state index in [9.17, 15) is 22.8 Å². The van der Waals surface area contributed by atoms with Gasteiger partial charge in [-0.2, -0.15) is 0 Å². The summed E-state index contributed by atoms with van der Waals surface area (Å²) in [7, 11) is 0. The number of amides is 2. The van der Waals surface area contributed by atoms with Gasteiger partial charge in [0.15, 0.2) is 0 Å². The lowest BCUT2D eigenvalue weighted by Crippen LogP contribution is -2.44. The Hall–Kier alpha value is -3.95. The number of ether oxygens (including phenoxy) is 1. The number of hydrogen-bond acceptors (Lipinski definition) is 5. The molecule has 10 heteroatoms. The van der Waals surface area contributed by atoms with Gasteiger partial charge >= 0.3 is 6.36 Å². The van der Waals surface area contributed by atoms with Gasteiger partial charge in [-0.1, -0.05) is 36.4 Å². The molecule has 1 saturated heterocycles. The number of likely N-dealkylation sites (tertiary alicyclic amines) is 1. The third-order valence-corrected chi connectivity index (χ3v) is 5.27. The molecule has 0 aliphatic carbocycles. The van der Waals surface area contributed by atoms with Crippen molar-refractivity contribution in [1.82, 2.24) is 14.9 Å². The Morgan fingerprint density at radius 3 is 2.58 bits per heavy atom. The van der Waals surface area contributed by atoms with Gasteiger partial charge in [0.2, 0.25) is 11.7 Å². The van der Waals surface area contributed by atoms with E-state index in [2.05, 4.69) is 14.7 Å². The standard InChI is InChI=1S/C23H19F3N4O3/c24-23(25,26)33-19-9-2-1-7-16(19)14-5-3-6-15(13-14)17-10-11-28-21(29-17)22(32)30-12-4-8-18(30)20(27)31/h1-3,5-7,9-11,13,18H,4,8,12H2,(H2,27,31). The number of aromatic nitrogens is 2. The van der Waals surface area contributed by atoms with Gasteiger partial charge in [0.1, 0.15) is 11.8 Å². The van der Waals surface area contributed by atoms with Crippen molar-refractivity contribution in [2.24, 2.45) is 5.73 Å². The van der Waals surface area contributed by atoms with Crippen molar-refractivity contribution in [3.8, 4) is 28.1 Å². The van der Waals surface area contributed by atoms with Crippen LogP contribution >= 0.6 is 0 Å². The average molecular weight is 456 g/mol. The summed E-state index contributed by atoms with van der Waals surface area (Å²) < 4.78 is 42.6. The highest BCUT2D eigenvalue weighted by molar-refractivity contribution is 5.95. The predicted octanol–water partition coefficient (Wildman–Crippen LogP) is 3.80. The lowest BCUT2D eigenvalue weighted by atomic mass is 10.0. The first kappa shape index (κ1) is 22.3. The Balaban J connectivity index is 1.66. The molecule has 4 rings (SSSR count). The molecule has 0 bridgehead atoms. The summed E-state index contributed by atoms with van der Waals surface area (Å²) in [6.45, 7) is 0.380. The van der Waals surface area contributed by atoms with Crippen LogP contribution in [0.1, 0.15) is 23.5 Å². The van der Waals surface area contributed by atoms with Crippen LogP contribution in [0.25, 0.3) is 22.4 Å².